The van der Waals surface area contributed by atoms with Gasteiger partial charge in [-0.1, -0.05) is 29.8 Å². The van der Waals surface area contributed by atoms with Crippen molar-refractivity contribution in [3.63, 3.8) is 0 Å². The molecular weight excluding hydrogens is 502 g/mol. The molecule has 1 aliphatic rings. The van der Waals surface area contributed by atoms with Crippen LogP contribution in [0.15, 0.2) is 47.6 Å². The molecule has 0 saturated carbocycles. The number of nitrogens with zero attached hydrogens (tertiary/aromatic N) is 1. The first kappa shape index (κ1) is 25.5. The van der Waals surface area contributed by atoms with Gasteiger partial charge in [-0.3, -0.25) is 5.32 Å². The van der Waals surface area contributed by atoms with Crippen LogP contribution >= 0.6 is 22.9 Å². The van der Waals surface area contributed by atoms with Gasteiger partial charge < -0.3 is 14.2 Å². The Morgan fingerprint density at radius 3 is 2.78 bits per heavy atom. The van der Waals surface area contributed by atoms with E-state index in [0.29, 0.717) is 39.3 Å². The zero-order valence-electron chi connectivity index (χ0n) is 19.9. The number of nitrogens with one attached hydrogen (secondary N) is 2. The molecule has 1 aromatic heterocycles. The van der Waals surface area contributed by atoms with Crippen molar-refractivity contribution in [1.82, 2.24) is 5.43 Å². The number of hydrogen-bond acceptors (Lipinski definition) is 7. The van der Waals surface area contributed by atoms with E-state index < -0.39 is 12.0 Å². The highest BCUT2D eigenvalue weighted by atomic mass is 35.5. The number of amides is 2. The van der Waals surface area contributed by atoms with E-state index >= 15 is 0 Å². The van der Waals surface area contributed by atoms with Gasteiger partial charge in [0, 0.05) is 15.5 Å². The number of halogens is 1. The van der Waals surface area contributed by atoms with E-state index in [1.54, 1.807) is 32.2 Å². The normalized spacial score (nSPS) is 12.3. The summed E-state index contributed by atoms with van der Waals surface area (Å²) in [6.07, 6.45) is 4.19. The minimum absolute atomic E-state index is 0.271. The molecule has 8 nitrogen and oxygen atoms in total. The minimum atomic E-state index is -0.552. The molecule has 10 heteroatoms. The maximum atomic E-state index is 12.5. The maximum Gasteiger partial charge on any atom is 0.341 e. The number of aryl methyl sites for hydroxylation is 1. The quantitative estimate of drug-likeness (QED) is 0.208. The second kappa shape index (κ2) is 11.9. The Morgan fingerprint density at radius 2 is 2.00 bits per heavy atom. The predicted molar refractivity (Wildman–Crippen MR) is 141 cm³/mol. The fourth-order valence-corrected chi connectivity index (χ4v) is 5.33. The standard InChI is InChI=1S/C26H26ClN3O5S/c1-3-34-25(31)23-18-8-6-10-22(18)36-24(23)29-26(32)30-28-14-16-11-12-20(21(13-16)33-2)35-15-17-7-4-5-9-19(17)27/h4-5,7,9,11-14H,3,6,8,10,15H2,1-2H3,(H2,29,30,32). The van der Waals surface area contributed by atoms with Gasteiger partial charge in [0.2, 0.25) is 0 Å². The summed E-state index contributed by atoms with van der Waals surface area (Å²) in [5.74, 6) is 0.653. The number of methoxy groups -OCH3 is 1. The number of benzene rings is 2. The van der Waals surface area contributed by atoms with Crippen molar-refractivity contribution in [1.29, 1.82) is 0 Å². The van der Waals surface area contributed by atoms with Gasteiger partial charge in [0.15, 0.2) is 11.5 Å². The zero-order valence-corrected chi connectivity index (χ0v) is 21.5. The minimum Gasteiger partial charge on any atom is -0.493 e. The predicted octanol–water partition coefficient (Wildman–Crippen LogP) is 5.81. The van der Waals surface area contributed by atoms with Crippen LogP contribution in [0, 0.1) is 0 Å². The first-order chi connectivity index (χ1) is 17.5. The van der Waals surface area contributed by atoms with Crippen LogP contribution in [-0.4, -0.2) is 31.9 Å². The van der Waals surface area contributed by atoms with E-state index in [2.05, 4.69) is 15.8 Å². The molecule has 0 saturated heterocycles. The zero-order chi connectivity index (χ0) is 25.5. The molecule has 0 spiro atoms. The van der Waals surface area contributed by atoms with Crippen LogP contribution in [0.5, 0.6) is 11.5 Å². The SMILES string of the molecule is CCOC(=O)c1c(NC(=O)NN=Cc2ccc(OCc3ccccc3Cl)c(OC)c2)sc2c1CCC2. The van der Waals surface area contributed by atoms with Crippen LogP contribution in [0.1, 0.15) is 45.3 Å². The van der Waals surface area contributed by atoms with Crippen LogP contribution < -0.4 is 20.2 Å². The third kappa shape index (κ3) is 5.98. The first-order valence-electron chi connectivity index (χ1n) is 11.5. The number of hydrogen-bond donors (Lipinski definition) is 2. The maximum absolute atomic E-state index is 12.5. The van der Waals surface area contributed by atoms with Gasteiger partial charge in [-0.15, -0.1) is 11.3 Å². The Bertz CT molecular complexity index is 1290. The second-order valence-corrected chi connectivity index (χ2v) is 9.41. The van der Waals surface area contributed by atoms with E-state index in [1.807, 2.05) is 24.3 Å². The van der Waals surface area contributed by atoms with Crippen molar-refractivity contribution in [3.05, 3.63) is 74.6 Å². The summed E-state index contributed by atoms with van der Waals surface area (Å²) in [6.45, 7) is 2.32. The summed E-state index contributed by atoms with van der Waals surface area (Å²) >= 11 is 7.60. The summed E-state index contributed by atoms with van der Waals surface area (Å²) in [7, 11) is 1.55. The monoisotopic (exact) mass is 527 g/mol. The van der Waals surface area contributed by atoms with Crippen molar-refractivity contribution in [2.24, 2.45) is 5.10 Å². The summed E-state index contributed by atoms with van der Waals surface area (Å²) in [4.78, 5) is 26.0. The van der Waals surface area contributed by atoms with Gasteiger partial charge in [0.1, 0.15) is 11.6 Å². The highest BCUT2D eigenvalue weighted by molar-refractivity contribution is 7.17. The summed E-state index contributed by atoms with van der Waals surface area (Å²) < 4.78 is 16.5. The lowest BCUT2D eigenvalue weighted by Crippen LogP contribution is -2.25. The molecule has 0 radical (unpaired) electrons. The molecule has 188 valence electrons. The molecule has 36 heavy (non-hydrogen) atoms. The molecule has 2 amide bonds. The molecule has 3 aromatic rings. The Morgan fingerprint density at radius 1 is 1.17 bits per heavy atom. The number of esters is 1. The molecule has 0 unspecified atom stereocenters. The largest absolute Gasteiger partial charge is 0.493 e. The molecule has 0 atom stereocenters. The number of hydrazone groups is 1. The highest BCUT2D eigenvalue weighted by Gasteiger charge is 2.28. The molecule has 1 aliphatic carbocycles. The van der Waals surface area contributed by atoms with Crippen molar-refractivity contribution in [2.45, 2.75) is 32.8 Å². The number of rotatable bonds is 9. The Hall–Kier alpha value is -3.56. The van der Waals surface area contributed by atoms with E-state index in [0.717, 1.165) is 35.3 Å². The lowest BCUT2D eigenvalue weighted by molar-refractivity contribution is 0.0527. The van der Waals surface area contributed by atoms with Gasteiger partial charge in [0.05, 0.1) is 25.5 Å². The number of carbonyl (C=O) groups excluding carboxylic acids is 2. The van der Waals surface area contributed by atoms with Crippen LogP contribution in [0.2, 0.25) is 5.02 Å². The third-order valence-electron chi connectivity index (χ3n) is 5.54. The topological polar surface area (TPSA) is 98.2 Å². The van der Waals surface area contributed by atoms with Gasteiger partial charge >= 0.3 is 12.0 Å². The molecular formula is C26H26ClN3O5S. The number of ether oxygens (including phenoxy) is 3. The molecule has 2 aromatic carbocycles. The lowest BCUT2D eigenvalue weighted by Gasteiger charge is -2.12. The average Bonchev–Trinajstić information content (AvgIpc) is 3.45. The van der Waals surface area contributed by atoms with Crippen LogP contribution in [0.4, 0.5) is 9.80 Å². The Kier molecular flexibility index (Phi) is 8.45. The smallest absolute Gasteiger partial charge is 0.341 e. The van der Waals surface area contributed by atoms with Crippen molar-refractivity contribution in [3.8, 4) is 11.5 Å². The highest BCUT2D eigenvalue weighted by Crippen LogP contribution is 2.39. The van der Waals surface area contributed by atoms with E-state index in [-0.39, 0.29) is 6.61 Å². The molecule has 0 aliphatic heterocycles. The van der Waals surface area contributed by atoms with Crippen LogP contribution in [0.25, 0.3) is 0 Å². The van der Waals surface area contributed by atoms with E-state index in [9.17, 15) is 9.59 Å². The van der Waals surface area contributed by atoms with E-state index in [4.69, 9.17) is 25.8 Å². The molecule has 0 bridgehead atoms. The van der Waals surface area contributed by atoms with Crippen molar-refractivity contribution in [2.75, 3.05) is 19.0 Å². The fraction of sp³-hybridized carbons (Fsp3) is 0.269. The molecule has 2 N–H and O–H groups in total. The van der Waals surface area contributed by atoms with Gasteiger partial charge in [-0.2, -0.15) is 5.10 Å². The fourth-order valence-electron chi connectivity index (χ4n) is 3.86. The summed E-state index contributed by atoms with van der Waals surface area (Å²) in [5, 5.41) is 7.85. The second-order valence-electron chi connectivity index (χ2n) is 7.90. The van der Waals surface area contributed by atoms with Gasteiger partial charge in [-0.05, 0) is 61.6 Å². The number of urea groups is 1. The van der Waals surface area contributed by atoms with Gasteiger partial charge in [0.25, 0.3) is 0 Å². The third-order valence-corrected chi connectivity index (χ3v) is 7.11. The Balaban J connectivity index is 1.37. The van der Waals surface area contributed by atoms with E-state index in [1.165, 1.54) is 17.6 Å². The lowest BCUT2D eigenvalue weighted by atomic mass is 10.1. The Labute approximate surface area is 218 Å². The van der Waals surface area contributed by atoms with Crippen LogP contribution in [0.3, 0.4) is 0 Å². The average molecular weight is 528 g/mol. The molecule has 0 fully saturated rings. The number of thiophene rings is 1. The van der Waals surface area contributed by atoms with Crippen LogP contribution in [-0.2, 0) is 24.2 Å². The first-order valence-corrected chi connectivity index (χ1v) is 12.7. The number of anilines is 1. The number of carbonyl (C=O) groups is 2. The number of fused-ring (bicyclic) bond motifs is 1. The van der Waals surface area contributed by atoms with Gasteiger partial charge in [-0.25, -0.2) is 15.0 Å². The van der Waals surface area contributed by atoms with Crippen molar-refractivity contribution >= 4 is 46.2 Å². The summed E-state index contributed by atoms with van der Waals surface area (Å²) in [5.41, 5.74) is 5.42. The molecule has 1 heterocycles. The molecule has 4 rings (SSSR count). The summed E-state index contributed by atoms with van der Waals surface area (Å²) in [6, 6.07) is 12.2. The van der Waals surface area contributed by atoms with Crippen molar-refractivity contribution < 1.29 is 23.8 Å².